The summed E-state index contributed by atoms with van der Waals surface area (Å²) in [6, 6.07) is 10.9. The Morgan fingerprint density at radius 3 is 2.24 bits per heavy atom. The molecule has 0 amide bonds. The summed E-state index contributed by atoms with van der Waals surface area (Å²) in [5.74, 6) is 0.344. The molecule has 0 aliphatic carbocycles. The zero-order valence-corrected chi connectivity index (χ0v) is 11.7. The van der Waals surface area contributed by atoms with Gasteiger partial charge in [0.15, 0.2) is 11.7 Å². The zero-order chi connectivity index (χ0) is 15.0. The first-order valence-electron chi connectivity index (χ1n) is 6.54. The topological polar surface area (TPSA) is 26.0 Å². The number of nitrogens with zero attached hydrogens (tertiary/aromatic N) is 1. The Balaban J connectivity index is 2.15. The van der Waals surface area contributed by atoms with Crippen LogP contribution in [0, 0.1) is 25.5 Å². The minimum Gasteiger partial charge on any atom is -0.440 e. The summed E-state index contributed by atoms with van der Waals surface area (Å²) in [5.41, 5.74) is 2.48. The summed E-state index contributed by atoms with van der Waals surface area (Å²) in [4.78, 5) is 4.33. The fraction of sp³-hybridized carbons (Fsp3) is 0.118. The molecule has 2 aromatic carbocycles. The first-order valence-corrected chi connectivity index (χ1v) is 6.54. The quantitative estimate of drug-likeness (QED) is 0.669. The van der Waals surface area contributed by atoms with Crippen LogP contribution in [0.15, 0.2) is 46.9 Å². The van der Waals surface area contributed by atoms with Gasteiger partial charge in [-0.1, -0.05) is 12.1 Å². The number of aryl methyl sites for hydroxylation is 2. The molecular weight excluding hydrogens is 272 g/mol. The maximum atomic E-state index is 13.7. The lowest BCUT2D eigenvalue weighted by molar-refractivity contribution is 0.533. The van der Waals surface area contributed by atoms with Crippen LogP contribution in [0.3, 0.4) is 0 Å². The van der Waals surface area contributed by atoms with Gasteiger partial charge in [0.05, 0.1) is 0 Å². The van der Waals surface area contributed by atoms with E-state index >= 15 is 0 Å². The average Bonchev–Trinajstić information content (AvgIpc) is 2.85. The second-order valence-electron chi connectivity index (χ2n) is 4.88. The molecule has 2 nitrogen and oxygen atoms in total. The summed E-state index contributed by atoms with van der Waals surface area (Å²) in [6.45, 7) is 3.42. The Bertz CT molecular complexity index is 791. The van der Waals surface area contributed by atoms with E-state index in [1.165, 1.54) is 18.2 Å². The van der Waals surface area contributed by atoms with Crippen molar-refractivity contribution in [3.8, 4) is 22.6 Å². The highest BCUT2D eigenvalue weighted by Gasteiger charge is 2.16. The molecule has 0 aliphatic heterocycles. The van der Waals surface area contributed by atoms with Gasteiger partial charge in [0.25, 0.3) is 0 Å². The normalized spacial score (nSPS) is 10.9. The molecular formula is C17H13F2NO. The summed E-state index contributed by atoms with van der Waals surface area (Å²) in [6.07, 6.45) is 0. The van der Waals surface area contributed by atoms with Gasteiger partial charge in [-0.05, 0) is 42.8 Å². The SMILES string of the molecule is Cc1nc(-c2ccc(F)cc2)c(-c2ccc(C)c(F)c2)o1. The Morgan fingerprint density at radius 2 is 1.57 bits per heavy atom. The standard InChI is InChI=1S/C17H13F2NO/c1-10-3-4-13(9-15(10)19)17-16(20-11(2)21-17)12-5-7-14(18)8-6-12/h3-9H,1-2H3. The molecule has 0 bridgehead atoms. The number of rotatable bonds is 2. The maximum absolute atomic E-state index is 13.7. The molecule has 0 saturated heterocycles. The summed E-state index contributed by atoms with van der Waals surface area (Å²) >= 11 is 0. The van der Waals surface area contributed by atoms with Gasteiger partial charge < -0.3 is 4.42 Å². The van der Waals surface area contributed by atoms with Crippen molar-refractivity contribution in [2.75, 3.05) is 0 Å². The lowest BCUT2D eigenvalue weighted by Gasteiger charge is -2.03. The molecule has 0 unspecified atom stereocenters. The molecule has 0 atom stereocenters. The predicted molar refractivity (Wildman–Crippen MR) is 76.8 cm³/mol. The number of oxazole rings is 1. The van der Waals surface area contributed by atoms with Crippen molar-refractivity contribution in [3.63, 3.8) is 0 Å². The van der Waals surface area contributed by atoms with E-state index in [1.54, 1.807) is 38.1 Å². The van der Waals surface area contributed by atoms with Crippen LogP contribution in [-0.4, -0.2) is 4.98 Å². The van der Waals surface area contributed by atoms with Crippen molar-refractivity contribution in [2.45, 2.75) is 13.8 Å². The molecule has 4 heteroatoms. The van der Waals surface area contributed by atoms with Crippen LogP contribution in [0.25, 0.3) is 22.6 Å². The van der Waals surface area contributed by atoms with E-state index < -0.39 is 0 Å². The molecule has 0 saturated carbocycles. The number of aromatic nitrogens is 1. The Labute approximate surface area is 121 Å². The van der Waals surface area contributed by atoms with E-state index in [4.69, 9.17) is 4.42 Å². The average molecular weight is 285 g/mol. The van der Waals surface area contributed by atoms with Crippen LogP contribution >= 0.6 is 0 Å². The third kappa shape index (κ3) is 2.57. The van der Waals surface area contributed by atoms with Gasteiger partial charge >= 0.3 is 0 Å². The molecule has 0 spiro atoms. The molecule has 1 heterocycles. The van der Waals surface area contributed by atoms with E-state index in [9.17, 15) is 8.78 Å². The largest absolute Gasteiger partial charge is 0.440 e. The number of hydrogen-bond donors (Lipinski definition) is 0. The maximum Gasteiger partial charge on any atom is 0.192 e. The lowest BCUT2D eigenvalue weighted by atomic mass is 10.0. The van der Waals surface area contributed by atoms with Crippen LogP contribution in [0.4, 0.5) is 8.78 Å². The first kappa shape index (κ1) is 13.5. The summed E-state index contributed by atoms with van der Waals surface area (Å²) in [7, 11) is 0. The van der Waals surface area contributed by atoms with Gasteiger partial charge in [0.2, 0.25) is 0 Å². The van der Waals surface area contributed by atoms with Crippen molar-refractivity contribution in [1.82, 2.24) is 4.98 Å². The van der Waals surface area contributed by atoms with Gasteiger partial charge in [0, 0.05) is 18.1 Å². The molecule has 106 valence electrons. The fourth-order valence-electron chi connectivity index (χ4n) is 2.16. The van der Waals surface area contributed by atoms with Crippen LogP contribution in [0.2, 0.25) is 0 Å². The van der Waals surface area contributed by atoms with E-state index in [-0.39, 0.29) is 11.6 Å². The molecule has 1 aromatic heterocycles. The fourth-order valence-corrected chi connectivity index (χ4v) is 2.16. The van der Waals surface area contributed by atoms with Gasteiger partial charge in [-0.3, -0.25) is 0 Å². The first-order chi connectivity index (χ1) is 10.0. The molecule has 21 heavy (non-hydrogen) atoms. The second kappa shape index (κ2) is 5.13. The van der Waals surface area contributed by atoms with Crippen molar-refractivity contribution < 1.29 is 13.2 Å². The molecule has 0 N–H and O–H groups in total. The van der Waals surface area contributed by atoms with Crippen LogP contribution < -0.4 is 0 Å². The number of halogens is 2. The Kier molecular flexibility index (Phi) is 3.29. The summed E-state index contributed by atoms with van der Waals surface area (Å²) < 4.78 is 32.4. The number of hydrogen-bond acceptors (Lipinski definition) is 2. The lowest BCUT2D eigenvalue weighted by Crippen LogP contribution is -1.86. The van der Waals surface area contributed by atoms with E-state index in [2.05, 4.69) is 4.98 Å². The van der Waals surface area contributed by atoms with Crippen LogP contribution in [0.5, 0.6) is 0 Å². The highest BCUT2D eigenvalue weighted by molar-refractivity contribution is 5.76. The third-order valence-corrected chi connectivity index (χ3v) is 3.29. The van der Waals surface area contributed by atoms with Crippen LogP contribution in [-0.2, 0) is 0 Å². The molecule has 0 radical (unpaired) electrons. The van der Waals surface area contributed by atoms with E-state index in [0.29, 0.717) is 28.5 Å². The molecule has 0 fully saturated rings. The monoisotopic (exact) mass is 285 g/mol. The molecule has 3 rings (SSSR count). The van der Waals surface area contributed by atoms with E-state index in [1.807, 2.05) is 0 Å². The minimum atomic E-state index is -0.318. The van der Waals surface area contributed by atoms with Crippen molar-refractivity contribution in [3.05, 3.63) is 65.6 Å². The third-order valence-electron chi connectivity index (χ3n) is 3.29. The van der Waals surface area contributed by atoms with Gasteiger partial charge in [-0.25, -0.2) is 13.8 Å². The van der Waals surface area contributed by atoms with E-state index in [0.717, 1.165) is 5.56 Å². The zero-order valence-electron chi connectivity index (χ0n) is 11.7. The smallest absolute Gasteiger partial charge is 0.192 e. The highest BCUT2D eigenvalue weighted by Crippen LogP contribution is 2.33. The van der Waals surface area contributed by atoms with Crippen molar-refractivity contribution in [2.24, 2.45) is 0 Å². The van der Waals surface area contributed by atoms with Crippen molar-refractivity contribution in [1.29, 1.82) is 0 Å². The summed E-state index contributed by atoms with van der Waals surface area (Å²) in [5, 5.41) is 0. The predicted octanol–water partition coefficient (Wildman–Crippen LogP) is 4.90. The van der Waals surface area contributed by atoms with Crippen LogP contribution in [0.1, 0.15) is 11.5 Å². The molecule has 3 aromatic rings. The van der Waals surface area contributed by atoms with Gasteiger partial charge in [-0.15, -0.1) is 0 Å². The Morgan fingerprint density at radius 1 is 0.905 bits per heavy atom. The Hall–Kier alpha value is -2.49. The number of benzene rings is 2. The van der Waals surface area contributed by atoms with Gasteiger partial charge in [-0.2, -0.15) is 0 Å². The highest BCUT2D eigenvalue weighted by atomic mass is 19.1. The minimum absolute atomic E-state index is 0.299. The van der Waals surface area contributed by atoms with Gasteiger partial charge in [0.1, 0.15) is 17.3 Å². The molecule has 0 aliphatic rings. The second-order valence-corrected chi connectivity index (χ2v) is 4.88. The van der Waals surface area contributed by atoms with Crippen molar-refractivity contribution >= 4 is 0 Å².